The Kier molecular flexibility index (Phi) is 3.93. The summed E-state index contributed by atoms with van der Waals surface area (Å²) in [7, 11) is 1.59. The Balaban J connectivity index is 2.03. The van der Waals surface area contributed by atoms with Crippen LogP contribution in [0.2, 0.25) is 0 Å². The molecule has 0 saturated carbocycles. The van der Waals surface area contributed by atoms with Crippen LogP contribution in [0.4, 0.5) is 4.79 Å². The number of thioether (sulfide) groups is 1. The normalized spacial score (nSPS) is 29.5. The van der Waals surface area contributed by atoms with Crippen molar-refractivity contribution in [2.24, 2.45) is 5.92 Å². The van der Waals surface area contributed by atoms with Gasteiger partial charge in [0, 0.05) is 19.4 Å². The van der Waals surface area contributed by atoms with E-state index in [1.165, 1.54) is 4.90 Å². The third kappa shape index (κ3) is 2.42. The molecule has 0 aromatic carbocycles. The van der Waals surface area contributed by atoms with Gasteiger partial charge in [0.2, 0.25) is 0 Å². The van der Waals surface area contributed by atoms with Gasteiger partial charge in [-0.15, -0.1) is 0 Å². The topological polar surface area (TPSA) is 49.9 Å². The summed E-state index contributed by atoms with van der Waals surface area (Å²) in [6.45, 7) is 3.27. The van der Waals surface area contributed by atoms with Gasteiger partial charge >= 0.3 is 6.03 Å². The first-order chi connectivity index (χ1) is 8.15. The van der Waals surface area contributed by atoms with E-state index in [0.717, 1.165) is 11.5 Å². The first-order valence-corrected chi connectivity index (χ1v) is 6.98. The molecular weight excluding hydrogens is 240 g/mol. The van der Waals surface area contributed by atoms with Gasteiger partial charge in [-0.25, -0.2) is 4.79 Å². The Morgan fingerprint density at radius 1 is 1.41 bits per heavy atom. The van der Waals surface area contributed by atoms with Gasteiger partial charge in [0.15, 0.2) is 0 Å². The highest BCUT2D eigenvalue weighted by Gasteiger charge is 2.43. The van der Waals surface area contributed by atoms with E-state index in [0.29, 0.717) is 19.1 Å². The van der Waals surface area contributed by atoms with E-state index in [2.05, 4.69) is 6.92 Å². The van der Waals surface area contributed by atoms with Crippen LogP contribution in [0.3, 0.4) is 0 Å². The zero-order valence-electron chi connectivity index (χ0n) is 10.2. The average molecular weight is 258 g/mol. The maximum atomic E-state index is 12.1. The molecular formula is C11H18N2O3S. The Labute approximate surface area is 105 Å². The molecule has 0 aliphatic carbocycles. The monoisotopic (exact) mass is 258 g/mol. The zero-order valence-corrected chi connectivity index (χ0v) is 11.0. The number of hydrogen-bond acceptors (Lipinski definition) is 4. The van der Waals surface area contributed by atoms with E-state index in [9.17, 15) is 9.59 Å². The van der Waals surface area contributed by atoms with Crippen molar-refractivity contribution in [3.63, 3.8) is 0 Å². The second-order valence-corrected chi connectivity index (χ2v) is 5.62. The molecule has 0 aromatic rings. The highest BCUT2D eigenvalue weighted by Crippen LogP contribution is 2.30. The molecule has 0 bridgehead atoms. The van der Waals surface area contributed by atoms with Crippen molar-refractivity contribution in [2.45, 2.75) is 13.0 Å². The molecule has 96 valence electrons. The fourth-order valence-electron chi connectivity index (χ4n) is 2.25. The molecule has 2 rings (SSSR count). The van der Waals surface area contributed by atoms with Crippen molar-refractivity contribution < 1.29 is 14.3 Å². The van der Waals surface area contributed by atoms with Gasteiger partial charge in [0.1, 0.15) is 6.54 Å². The third-order valence-corrected chi connectivity index (χ3v) is 4.63. The summed E-state index contributed by atoms with van der Waals surface area (Å²) < 4.78 is 4.94. The number of ether oxygens (including phenoxy) is 1. The SMILES string of the molecule is COCCN1CC(=O)N([C@H]2CSC[C@@H]2C)C1=O. The smallest absolute Gasteiger partial charge is 0.327 e. The molecule has 2 fully saturated rings. The second-order valence-electron chi connectivity index (χ2n) is 4.54. The molecule has 2 saturated heterocycles. The number of carbonyl (C=O) groups excluding carboxylic acids is 2. The van der Waals surface area contributed by atoms with Crippen LogP contribution in [0.25, 0.3) is 0 Å². The number of hydrogen-bond donors (Lipinski definition) is 0. The number of methoxy groups -OCH3 is 1. The summed E-state index contributed by atoms with van der Waals surface area (Å²) in [6.07, 6.45) is 0. The van der Waals surface area contributed by atoms with Crippen LogP contribution in [0.15, 0.2) is 0 Å². The Morgan fingerprint density at radius 2 is 2.18 bits per heavy atom. The van der Waals surface area contributed by atoms with Crippen molar-refractivity contribution in [3.05, 3.63) is 0 Å². The van der Waals surface area contributed by atoms with E-state index in [1.54, 1.807) is 12.0 Å². The van der Waals surface area contributed by atoms with Crippen molar-refractivity contribution in [3.8, 4) is 0 Å². The van der Waals surface area contributed by atoms with Gasteiger partial charge in [0.05, 0.1) is 12.6 Å². The molecule has 6 heteroatoms. The average Bonchev–Trinajstić information content (AvgIpc) is 2.81. The molecule has 0 radical (unpaired) electrons. The fraction of sp³-hybridized carbons (Fsp3) is 0.818. The quantitative estimate of drug-likeness (QED) is 0.695. The lowest BCUT2D eigenvalue weighted by Gasteiger charge is -2.25. The van der Waals surface area contributed by atoms with E-state index < -0.39 is 0 Å². The van der Waals surface area contributed by atoms with Crippen LogP contribution in [0.1, 0.15) is 6.92 Å². The molecule has 0 aromatic heterocycles. The van der Waals surface area contributed by atoms with E-state index in [1.807, 2.05) is 11.8 Å². The number of urea groups is 1. The molecule has 0 unspecified atom stereocenters. The number of nitrogens with zero attached hydrogens (tertiary/aromatic N) is 2. The summed E-state index contributed by atoms with van der Waals surface area (Å²) in [5.74, 6) is 2.23. The number of carbonyl (C=O) groups is 2. The van der Waals surface area contributed by atoms with Crippen LogP contribution >= 0.6 is 11.8 Å². The minimum Gasteiger partial charge on any atom is -0.383 e. The van der Waals surface area contributed by atoms with Gasteiger partial charge < -0.3 is 9.64 Å². The van der Waals surface area contributed by atoms with E-state index in [-0.39, 0.29) is 24.5 Å². The second kappa shape index (κ2) is 5.27. The van der Waals surface area contributed by atoms with Crippen LogP contribution in [0, 0.1) is 5.92 Å². The molecule has 2 aliphatic heterocycles. The number of amides is 3. The standard InChI is InChI=1S/C11H18N2O3S/c1-8-6-17-7-9(8)13-10(14)5-12(11(13)15)3-4-16-2/h8-9H,3-7H2,1-2H3/t8-,9-/m0/s1. The van der Waals surface area contributed by atoms with Crippen LogP contribution in [0.5, 0.6) is 0 Å². The summed E-state index contributed by atoms with van der Waals surface area (Å²) in [5, 5.41) is 0. The van der Waals surface area contributed by atoms with Crippen molar-refractivity contribution in [1.82, 2.24) is 9.80 Å². The van der Waals surface area contributed by atoms with Crippen molar-refractivity contribution in [1.29, 1.82) is 0 Å². The molecule has 2 atom stereocenters. The van der Waals surface area contributed by atoms with E-state index in [4.69, 9.17) is 4.74 Å². The van der Waals surface area contributed by atoms with Gasteiger partial charge in [-0.2, -0.15) is 11.8 Å². The largest absolute Gasteiger partial charge is 0.383 e. The molecule has 2 aliphatic rings. The number of rotatable bonds is 4. The molecule has 0 spiro atoms. The summed E-state index contributed by atoms with van der Waals surface area (Å²) in [5.41, 5.74) is 0. The highest BCUT2D eigenvalue weighted by atomic mass is 32.2. The number of imide groups is 1. The molecule has 17 heavy (non-hydrogen) atoms. The maximum absolute atomic E-state index is 12.1. The highest BCUT2D eigenvalue weighted by molar-refractivity contribution is 7.99. The van der Waals surface area contributed by atoms with Crippen molar-refractivity contribution >= 4 is 23.7 Å². The minimum absolute atomic E-state index is 0.0644. The van der Waals surface area contributed by atoms with Gasteiger partial charge in [-0.05, 0) is 11.7 Å². The lowest BCUT2D eigenvalue weighted by Crippen LogP contribution is -2.44. The first kappa shape index (κ1) is 12.7. The fourth-order valence-corrected chi connectivity index (χ4v) is 3.70. The molecule has 5 nitrogen and oxygen atoms in total. The summed E-state index contributed by atoms with van der Waals surface area (Å²) in [6, 6.07) is -0.0704. The lowest BCUT2D eigenvalue weighted by molar-refractivity contribution is -0.127. The van der Waals surface area contributed by atoms with Gasteiger partial charge in [-0.3, -0.25) is 9.69 Å². The van der Waals surface area contributed by atoms with Gasteiger partial charge in [0.25, 0.3) is 5.91 Å². The van der Waals surface area contributed by atoms with Gasteiger partial charge in [-0.1, -0.05) is 6.92 Å². The maximum Gasteiger partial charge on any atom is 0.327 e. The third-order valence-electron chi connectivity index (χ3n) is 3.29. The first-order valence-electron chi connectivity index (χ1n) is 5.82. The molecule has 3 amide bonds. The summed E-state index contributed by atoms with van der Waals surface area (Å²) in [4.78, 5) is 27.1. The van der Waals surface area contributed by atoms with Crippen LogP contribution < -0.4 is 0 Å². The van der Waals surface area contributed by atoms with Crippen molar-refractivity contribution in [2.75, 3.05) is 38.3 Å². The predicted octanol–water partition coefficient (Wildman–Crippen LogP) is 0.649. The van der Waals surface area contributed by atoms with E-state index >= 15 is 0 Å². The summed E-state index contributed by atoms with van der Waals surface area (Å²) >= 11 is 1.81. The minimum atomic E-state index is -0.147. The Bertz CT molecular complexity index is 324. The zero-order chi connectivity index (χ0) is 12.4. The molecule has 2 heterocycles. The lowest BCUT2D eigenvalue weighted by atomic mass is 10.1. The van der Waals surface area contributed by atoms with Crippen LogP contribution in [-0.4, -0.2) is 66.1 Å². The molecule has 0 N–H and O–H groups in total. The predicted molar refractivity (Wildman–Crippen MR) is 66.0 cm³/mol. The Morgan fingerprint density at radius 3 is 2.76 bits per heavy atom. The van der Waals surface area contributed by atoms with Crippen LogP contribution in [-0.2, 0) is 9.53 Å². The Hall–Kier alpha value is -0.750.